The van der Waals surface area contributed by atoms with Crippen molar-refractivity contribution in [1.82, 2.24) is 10.3 Å². The van der Waals surface area contributed by atoms with Gasteiger partial charge >= 0.3 is 0 Å². The Morgan fingerprint density at radius 1 is 1.33 bits per heavy atom. The Morgan fingerprint density at radius 2 is 2.06 bits per heavy atom. The van der Waals surface area contributed by atoms with E-state index in [-0.39, 0.29) is 5.41 Å². The van der Waals surface area contributed by atoms with Gasteiger partial charge in [0.05, 0.1) is 5.60 Å². The van der Waals surface area contributed by atoms with Gasteiger partial charge in [-0.3, -0.25) is 0 Å². The van der Waals surface area contributed by atoms with Crippen molar-refractivity contribution >= 4 is 5.82 Å². The van der Waals surface area contributed by atoms with Crippen LogP contribution in [-0.2, 0) is 5.60 Å². The fourth-order valence-electron chi connectivity index (χ4n) is 2.59. The number of nitrogens with zero attached hydrogens (tertiary/aromatic N) is 2. The van der Waals surface area contributed by atoms with E-state index in [1.165, 1.54) is 0 Å². The van der Waals surface area contributed by atoms with Crippen LogP contribution in [0.3, 0.4) is 0 Å². The standard InChI is InChI=1S/C14H23N3O/c1-13(2)10-15-8-7-14(13,18)11-5-6-12(16-9-11)17(3)4/h5-6,9,15,18H,7-8,10H2,1-4H3. The molecule has 0 amide bonds. The Balaban J connectivity index is 2.34. The molecule has 1 aliphatic heterocycles. The lowest BCUT2D eigenvalue weighted by Gasteiger charge is -2.47. The first-order valence-corrected chi connectivity index (χ1v) is 6.44. The predicted molar refractivity (Wildman–Crippen MR) is 73.7 cm³/mol. The summed E-state index contributed by atoms with van der Waals surface area (Å²) in [6.07, 6.45) is 2.53. The number of piperidine rings is 1. The van der Waals surface area contributed by atoms with Crippen LogP contribution < -0.4 is 10.2 Å². The Bertz CT molecular complexity index is 414. The molecule has 1 aliphatic rings. The molecule has 1 aromatic rings. The van der Waals surface area contributed by atoms with Crippen LogP contribution in [0, 0.1) is 5.41 Å². The van der Waals surface area contributed by atoms with Crippen molar-refractivity contribution in [1.29, 1.82) is 0 Å². The van der Waals surface area contributed by atoms with Crippen molar-refractivity contribution < 1.29 is 5.11 Å². The highest BCUT2D eigenvalue weighted by Crippen LogP contribution is 2.43. The number of hydrogen-bond acceptors (Lipinski definition) is 4. The monoisotopic (exact) mass is 249 g/mol. The van der Waals surface area contributed by atoms with Gasteiger partial charge in [-0.2, -0.15) is 0 Å². The Hall–Kier alpha value is -1.13. The molecule has 2 rings (SSSR count). The summed E-state index contributed by atoms with van der Waals surface area (Å²) in [6, 6.07) is 3.96. The summed E-state index contributed by atoms with van der Waals surface area (Å²) in [7, 11) is 3.93. The van der Waals surface area contributed by atoms with Crippen LogP contribution in [0.2, 0.25) is 0 Å². The number of anilines is 1. The van der Waals surface area contributed by atoms with Crippen molar-refractivity contribution in [2.75, 3.05) is 32.1 Å². The third-order valence-corrected chi connectivity index (χ3v) is 4.03. The summed E-state index contributed by atoms with van der Waals surface area (Å²) < 4.78 is 0. The van der Waals surface area contributed by atoms with Gasteiger partial charge in [-0.15, -0.1) is 0 Å². The average Bonchev–Trinajstić information content (AvgIpc) is 2.33. The highest BCUT2D eigenvalue weighted by Gasteiger charge is 2.46. The Kier molecular flexibility index (Phi) is 3.34. The summed E-state index contributed by atoms with van der Waals surface area (Å²) in [4.78, 5) is 6.37. The fraction of sp³-hybridized carbons (Fsp3) is 0.643. The lowest BCUT2D eigenvalue weighted by Crippen LogP contribution is -2.53. The molecule has 0 bridgehead atoms. The molecule has 18 heavy (non-hydrogen) atoms. The van der Waals surface area contributed by atoms with Crippen molar-refractivity contribution in [2.24, 2.45) is 5.41 Å². The van der Waals surface area contributed by atoms with Crippen LogP contribution >= 0.6 is 0 Å². The summed E-state index contributed by atoms with van der Waals surface area (Å²) in [5, 5.41) is 14.3. The van der Waals surface area contributed by atoms with Gasteiger partial charge < -0.3 is 15.3 Å². The van der Waals surface area contributed by atoms with Gasteiger partial charge in [-0.1, -0.05) is 19.9 Å². The second kappa shape index (κ2) is 4.52. The molecule has 4 heteroatoms. The third-order valence-electron chi connectivity index (χ3n) is 4.03. The Morgan fingerprint density at radius 3 is 2.56 bits per heavy atom. The second-order valence-electron chi connectivity index (χ2n) is 5.97. The molecule has 1 fully saturated rings. The molecule has 1 saturated heterocycles. The topological polar surface area (TPSA) is 48.4 Å². The number of aliphatic hydroxyl groups is 1. The third kappa shape index (κ3) is 2.10. The van der Waals surface area contributed by atoms with E-state index in [1.807, 2.05) is 37.3 Å². The van der Waals surface area contributed by atoms with Gasteiger partial charge in [0.25, 0.3) is 0 Å². The van der Waals surface area contributed by atoms with Crippen molar-refractivity contribution in [2.45, 2.75) is 25.9 Å². The quantitative estimate of drug-likeness (QED) is 0.831. The normalized spacial score (nSPS) is 26.9. The molecular weight excluding hydrogens is 226 g/mol. The van der Waals surface area contributed by atoms with E-state index in [2.05, 4.69) is 24.1 Å². The van der Waals surface area contributed by atoms with Crippen molar-refractivity contribution in [3.05, 3.63) is 23.9 Å². The Labute approximate surface area is 109 Å². The van der Waals surface area contributed by atoms with Crippen molar-refractivity contribution in [3.63, 3.8) is 0 Å². The maximum absolute atomic E-state index is 11.0. The molecule has 1 aromatic heterocycles. The number of pyridine rings is 1. The first kappa shape index (κ1) is 13.3. The minimum absolute atomic E-state index is 0.188. The minimum Gasteiger partial charge on any atom is -0.384 e. The van der Waals surface area contributed by atoms with Crippen LogP contribution in [0.4, 0.5) is 5.82 Å². The number of rotatable bonds is 2. The highest BCUT2D eigenvalue weighted by atomic mass is 16.3. The first-order valence-electron chi connectivity index (χ1n) is 6.44. The highest BCUT2D eigenvalue weighted by molar-refractivity contribution is 5.39. The van der Waals surface area contributed by atoms with Crippen LogP contribution in [0.5, 0.6) is 0 Å². The lowest BCUT2D eigenvalue weighted by atomic mass is 9.67. The molecule has 0 saturated carbocycles. The van der Waals surface area contributed by atoms with Gasteiger partial charge in [0, 0.05) is 37.8 Å². The van der Waals surface area contributed by atoms with E-state index in [0.29, 0.717) is 0 Å². The van der Waals surface area contributed by atoms with Crippen molar-refractivity contribution in [3.8, 4) is 0 Å². The van der Waals surface area contributed by atoms with E-state index in [4.69, 9.17) is 0 Å². The van der Waals surface area contributed by atoms with E-state index < -0.39 is 5.60 Å². The zero-order chi connectivity index (χ0) is 13.4. The molecule has 0 spiro atoms. The molecule has 100 valence electrons. The number of hydrogen-bond donors (Lipinski definition) is 2. The average molecular weight is 249 g/mol. The predicted octanol–water partition coefficient (Wildman–Crippen LogP) is 1.35. The summed E-state index contributed by atoms with van der Waals surface area (Å²) >= 11 is 0. The largest absolute Gasteiger partial charge is 0.384 e. The van der Waals surface area contributed by atoms with Crippen LogP contribution in [-0.4, -0.2) is 37.3 Å². The minimum atomic E-state index is -0.796. The zero-order valence-corrected chi connectivity index (χ0v) is 11.7. The maximum Gasteiger partial charge on any atom is 0.127 e. The van der Waals surface area contributed by atoms with Crippen LogP contribution in [0.1, 0.15) is 25.8 Å². The van der Waals surface area contributed by atoms with Crippen LogP contribution in [0.15, 0.2) is 18.3 Å². The molecule has 0 aliphatic carbocycles. The summed E-state index contributed by atoms with van der Waals surface area (Å²) in [5.41, 5.74) is -0.0672. The number of aromatic nitrogens is 1. The van der Waals surface area contributed by atoms with E-state index in [1.54, 1.807) is 0 Å². The first-order chi connectivity index (χ1) is 8.37. The number of nitrogens with one attached hydrogen (secondary N) is 1. The van der Waals surface area contributed by atoms with Gasteiger partial charge in [0.1, 0.15) is 5.82 Å². The molecule has 2 N–H and O–H groups in total. The molecule has 2 heterocycles. The molecule has 1 atom stereocenters. The van der Waals surface area contributed by atoms with E-state index in [9.17, 15) is 5.11 Å². The van der Waals surface area contributed by atoms with Gasteiger partial charge in [0.2, 0.25) is 0 Å². The SMILES string of the molecule is CN(C)c1ccc(C2(O)CCNCC2(C)C)cn1. The van der Waals surface area contributed by atoms with Gasteiger partial charge in [-0.05, 0) is 19.0 Å². The molecule has 0 radical (unpaired) electrons. The lowest BCUT2D eigenvalue weighted by molar-refractivity contribution is -0.0946. The van der Waals surface area contributed by atoms with Gasteiger partial charge in [0.15, 0.2) is 0 Å². The zero-order valence-electron chi connectivity index (χ0n) is 11.7. The van der Waals surface area contributed by atoms with E-state index in [0.717, 1.165) is 30.9 Å². The molecule has 4 nitrogen and oxygen atoms in total. The van der Waals surface area contributed by atoms with Gasteiger partial charge in [-0.25, -0.2) is 4.98 Å². The fourth-order valence-corrected chi connectivity index (χ4v) is 2.59. The molecule has 0 aromatic carbocycles. The molecule has 1 unspecified atom stereocenters. The van der Waals surface area contributed by atoms with Crippen LogP contribution in [0.25, 0.3) is 0 Å². The second-order valence-corrected chi connectivity index (χ2v) is 5.97. The molecular formula is C14H23N3O. The summed E-state index contributed by atoms with van der Waals surface area (Å²) in [6.45, 7) is 5.85. The maximum atomic E-state index is 11.0. The van der Waals surface area contributed by atoms with E-state index >= 15 is 0 Å². The summed E-state index contributed by atoms with van der Waals surface area (Å²) in [5.74, 6) is 0.911. The smallest absolute Gasteiger partial charge is 0.127 e.